The summed E-state index contributed by atoms with van der Waals surface area (Å²) in [6.45, 7) is 2.59. The fourth-order valence-electron chi connectivity index (χ4n) is 3.28. The van der Waals surface area contributed by atoms with Crippen molar-refractivity contribution in [2.24, 2.45) is 0 Å². The standard InChI is InChI=1S/C23H24N2O7/c1-4-31-21(28)23(2,14-25-19(26)17-7-5-6-8-18(17)20(25)27)24-22(29)32-13-15-9-11-16(30-3)12-10-15/h5-12H,4,13-14H2,1-3H3,(H,24,29)/t23-/m0/s1. The van der Waals surface area contributed by atoms with E-state index < -0.39 is 36.0 Å². The summed E-state index contributed by atoms with van der Waals surface area (Å²) in [6.07, 6.45) is -0.895. The maximum absolute atomic E-state index is 12.7. The number of hydrogen-bond acceptors (Lipinski definition) is 7. The zero-order valence-corrected chi connectivity index (χ0v) is 18.0. The molecule has 32 heavy (non-hydrogen) atoms. The van der Waals surface area contributed by atoms with E-state index in [2.05, 4.69) is 5.32 Å². The lowest BCUT2D eigenvalue weighted by Gasteiger charge is -2.31. The van der Waals surface area contributed by atoms with Gasteiger partial charge in [-0.3, -0.25) is 14.5 Å². The van der Waals surface area contributed by atoms with Crippen LogP contribution in [-0.2, 0) is 20.9 Å². The molecule has 2 aromatic carbocycles. The van der Waals surface area contributed by atoms with Crippen molar-refractivity contribution in [3.63, 3.8) is 0 Å². The molecule has 1 atom stereocenters. The van der Waals surface area contributed by atoms with Crippen LogP contribution in [0.5, 0.6) is 5.75 Å². The number of ether oxygens (including phenoxy) is 3. The molecular weight excluding hydrogens is 416 g/mol. The number of methoxy groups -OCH3 is 1. The van der Waals surface area contributed by atoms with Crippen LogP contribution in [0.2, 0.25) is 0 Å². The quantitative estimate of drug-likeness (QED) is 0.496. The van der Waals surface area contributed by atoms with Crippen molar-refractivity contribution >= 4 is 23.9 Å². The summed E-state index contributed by atoms with van der Waals surface area (Å²) in [5.41, 5.74) is -0.517. The number of fused-ring (bicyclic) bond motifs is 1. The van der Waals surface area contributed by atoms with Crippen LogP contribution >= 0.6 is 0 Å². The average Bonchev–Trinajstić information content (AvgIpc) is 3.03. The van der Waals surface area contributed by atoms with E-state index in [1.54, 1.807) is 50.4 Å². The first-order valence-corrected chi connectivity index (χ1v) is 9.99. The van der Waals surface area contributed by atoms with E-state index in [9.17, 15) is 19.2 Å². The summed E-state index contributed by atoms with van der Waals surface area (Å²) in [4.78, 5) is 51.5. The minimum atomic E-state index is -1.71. The second-order valence-electron chi connectivity index (χ2n) is 7.34. The van der Waals surface area contributed by atoms with Crippen LogP contribution in [0.1, 0.15) is 40.1 Å². The number of imide groups is 1. The molecule has 1 aliphatic rings. The van der Waals surface area contributed by atoms with Gasteiger partial charge in [0.15, 0.2) is 5.54 Å². The predicted octanol–water partition coefficient (Wildman–Crippen LogP) is 2.54. The van der Waals surface area contributed by atoms with Gasteiger partial charge in [0.2, 0.25) is 0 Å². The highest BCUT2D eigenvalue weighted by atomic mass is 16.6. The molecule has 1 N–H and O–H groups in total. The lowest BCUT2D eigenvalue weighted by atomic mass is 10.0. The average molecular weight is 440 g/mol. The summed E-state index contributed by atoms with van der Waals surface area (Å²) in [5.74, 6) is -1.23. The first-order valence-electron chi connectivity index (χ1n) is 9.99. The molecule has 3 amide bonds. The molecule has 0 saturated carbocycles. The molecule has 0 spiro atoms. The second kappa shape index (κ2) is 9.51. The Hall–Kier alpha value is -3.88. The maximum atomic E-state index is 12.7. The van der Waals surface area contributed by atoms with Crippen LogP contribution in [0.25, 0.3) is 0 Å². The van der Waals surface area contributed by atoms with Gasteiger partial charge in [-0.05, 0) is 43.7 Å². The van der Waals surface area contributed by atoms with E-state index in [0.29, 0.717) is 11.3 Å². The molecule has 0 radical (unpaired) electrons. The maximum Gasteiger partial charge on any atom is 0.408 e. The Morgan fingerprint density at radius 3 is 2.09 bits per heavy atom. The number of carbonyl (C=O) groups is 4. The van der Waals surface area contributed by atoms with Crippen LogP contribution < -0.4 is 10.1 Å². The molecule has 0 bridgehead atoms. The van der Waals surface area contributed by atoms with Crippen molar-refractivity contribution in [2.75, 3.05) is 20.3 Å². The Morgan fingerprint density at radius 1 is 0.969 bits per heavy atom. The number of rotatable bonds is 8. The summed E-state index contributed by atoms with van der Waals surface area (Å²) in [6, 6.07) is 13.3. The molecule has 0 saturated heterocycles. The third-order valence-electron chi connectivity index (χ3n) is 4.99. The van der Waals surface area contributed by atoms with Crippen molar-refractivity contribution in [1.82, 2.24) is 10.2 Å². The molecule has 0 aliphatic carbocycles. The Balaban J connectivity index is 1.72. The molecular formula is C23H24N2O7. The molecule has 1 heterocycles. The number of hydrogen-bond donors (Lipinski definition) is 1. The van der Waals surface area contributed by atoms with Gasteiger partial charge in [-0.1, -0.05) is 24.3 Å². The number of esters is 1. The fraction of sp³-hybridized carbons (Fsp3) is 0.304. The van der Waals surface area contributed by atoms with E-state index in [4.69, 9.17) is 14.2 Å². The largest absolute Gasteiger partial charge is 0.497 e. The third kappa shape index (κ3) is 4.72. The number of carbonyl (C=O) groups excluding carboxylic acids is 4. The number of alkyl carbamates (subject to hydrolysis) is 1. The lowest BCUT2D eigenvalue weighted by molar-refractivity contribution is -0.150. The fourth-order valence-corrected chi connectivity index (χ4v) is 3.28. The minimum absolute atomic E-state index is 0.0538. The molecule has 9 heteroatoms. The summed E-state index contributed by atoms with van der Waals surface area (Å²) in [5, 5.41) is 2.46. The van der Waals surface area contributed by atoms with Crippen molar-refractivity contribution in [3.05, 3.63) is 65.2 Å². The highest BCUT2D eigenvalue weighted by Gasteiger charge is 2.45. The van der Waals surface area contributed by atoms with E-state index in [0.717, 1.165) is 4.90 Å². The van der Waals surface area contributed by atoms with Gasteiger partial charge in [-0.25, -0.2) is 9.59 Å². The van der Waals surface area contributed by atoms with Crippen LogP contribution in [0, 0.1) is 0 Å². The first kappa shape index (κ1) is 22.8. The van der Waals surface area contributed by atoms with E-state index in [1.807, 2.05) is 0 Å². The Morgan fingerprint density at radius 2 is 1.56 bits per heavy atom. The van der Waals surface area contributed by atoms with Crippen molar-refractivity contribution in [1.29, 1.82) is 0 Å². The number of nitrogens with one attached hydrogen (secondary N) is 1. The van der Waals surface area contributed by atoms with Gasteiger partial charge in [-0.2, -0.15) is 0 Å². The third-order valence-corrected chi connectivity index (χ3v) is 4.99. The summed E-state index contributed by atoms with van der Waals surface area (Å²) >= 11 is 0. The van der Waals surface area contributed by atoms with E-state index in [-0.39, 0.29) is 24.3 Å². The van der Waals surface area contributed by atoms with Crippen molar-refractivity contribution in [3.8, 4) is 5.75 Å². The number of amides is 3. The first-order chi connectivity index (χ1) is 15.3. The second-order valence-corrected chi connectivity index (χ2v) is 7.34. The monoisotopic (exact) mass is 440 g/mol. The predicted molar refractivity (Wildman–Crippen MR) is 113 cm³/mol. The number of benzene rings is 2. The molecule has 0 aromatic heterocycles. The molecule has 1 aliphatic heterocycles. The van der Waals surface area contributed by atoms with Crippen molar-refractivity contribution in [2.45, 2.75) is 26.0 Å². The zero-order valence-electron chi connectivity index (χ0n) is 18.0. The van der Waals surface area contributed by atoms with Gasteiger partial charge in [0, 0.05) is 0 Å². The van der Waals surface area contributed by atoms with Gasteiger partial charge in [0.05, 0.1) is 31.4 Å². The molecule has 168 valence electrons. The molecule has 3 rings (SSSR count). The van der Waals surface area contributed by atoms with E-state index >= 15 is 0 Å². The highest BCUT2D eigenvalue weighted by Crippen LogP contribution is 2.25. The minimum Gasteiger partial charge on any atom is -0.497 e. The molecule has 2 aromatic rings. The molecule has 9 nitrogen and oxygen atoms in total. The van der Waals surface area contributed by atoms with Gasteiger partial charge in [0.25, 0.3) is 11.8 Å². The smallest absolute Gasteiger partial charge is 0.408 e. The number of nitrogens with zero attached hydrogens (tertiary/aromatic N) is 1. The van der Waals surface area contributed by atoms with Gasteiger partial charge >= 0.3 is 12.1 Å². The normalized spacial score (nSPS) is 14.4. The SMILES string of the molecule is CCOC(=O)[C@](C)(CN1C(=O)c2ccccc2C1=O)NC(=O)OCc1ccc(OC)cc1. The Labute approximate surface area is 185 Å². The highest BCUT2D eigenvalue weighted by molar-refractivity contribution is 6.21. The zero-order chi connectivity index (χ0) is 23.3. The van der Waals surface area contributed by atoms with E-state index in [1.165, 1.54) is 19.1 Å². The van der Waals surface area contributed by atoms with Crippen molar-refractivity contribution < 1.29 is 33.4 Å². The van der Waals surface area contributed by atoms with Gasteiger partial charge in [0.1, 0.15) is 12.4 Å². The van der Waals surface area contributed by atoms with Gasteiger partial charge < -0.3 is 19.5 Å². The molecule has 0 fully saturated rings. The Kier molecular flexibility index (Phi) is 6.77. The van der Waals surface area contributed by atoms with Gasteiger partial charge in [-0.15, -0.1) is 0 Å². The lowest BCUT2D eigenvalue weighted by Crippen LogP contribution is -2.60. The molecule has 0 unspecified atom stereocenters. The topological polar surface area (TPSA) is 111 Å². The van der Waals surface area contributed by atoms with Crippen LogP contribution in [0.4, 0.5) is 4.79 Å². The van der Waals surface area contributed by atoms with Crippen LogP contribution in [0.3, 0.4) is 0 Å². The Bertz CT molecular complexity index is 1000. The summed E-state index contributed by atoms with van der Waals surface area (Å²) in [7, 11) is 1.55. The van der Waals surface area contributed by atoms with Crippen LogP contribution in [-0.4, -0.2) is 54.6 Å². The summed E-state index contributed by atoms with van der Waals surface area (Å²) < 4.78 is 15.4. The van der Waals surface area contributed by atoms with Crippen LogP contribution in [0.15, 0.2) is 48.5 Å².